The lowest BCUT2D eigenvalue weighted by molar-refractivity contribution is -0.247. The van der Waals surface area contributed by atoms with Crippen LogP contribution in [0.1, 0.15) is 88.1 Å². The predicted molar refractivity (Wildman–Crippen MR) is 154 cm³/mol. The molecule has 0 amide bonds. The minimum atomic E-state index is -2.17. The van der Waals surface area contributed by atoms with Gasteiger partial charge in [-0.25, -0.2) is 0 Å². The number of fused-ring (bicyclic) bond motifs is 3. The van der Waals surface area contributed by atoms with E-state index in [0.29, 0.717) is 13.0 Å². The summed E-state index contributed by atoms with van der Waals surface area (Å²) in [6, 6.07) is 3.71. The third-order valence-corrected chi connectivity index (χ3v) is 9.20. The number of carbonyl (C=O) groups is 3. The minimum absolute atomic E-state index is 0.0329. The van der Waals surface area contributed by atoms with Crippen LogP contribution in [0, 0.1) is 0 Å². The van der Waals surface area contributed by atoms with E-state index in [1.165, 1.54) is 25.3 Å². The zero-order chi connectivity index (χ0) is 32.2. The molecule has 0 radical (unpaired) electrons. The lowest BCUT2D eigenvalue weighted by atomic mass is 9.72. The lowest BCUT2D eigenvalue weighted by Crippen LogP contribution is -2.53. The van der Waals surface area contributed by atoms with Gasteiger partial charge in [-0.15, -0.1) is 0 Å². The molecule has 45 heavy (non-hydrogen) atoms. The molecule has 2 aliphatic heterocycles. The summed E-state index contributed by atoms with van der Waals surface area (Å²) >= 11 is 0. The molecule has 0 bridgehead atoms. The second-order valence-corrected chi connectivity index (χ2v) is 12.1. The van der Waals surface area contributed by atoms with Gasteiger partial charge in [-0.1, -0.05) is 12.1 Å². The van der Waals surface area contributed by atoms with Gasteiger partial charge in [0.05, 0.1) is 42.1 Å². The summed E-state index contributed by atoms with van der Waals surface area (Å²) in [4.78, 5) is 41.1. The molecule has 2 fully saturated rings. The number of carbonyl (C=O) groups excluding carboxylic acids is 3. The second kappa shape index (κ2) is 12.1. The van der Waals surface area contributed by atoms with Crippen molar-refractivity contribution in [2.45, 2.75) is 88.0 Å². The summed E-state index contributed by atoms with van der Waals surface area (Å²) in [6.45, 7) is 1.59. The second-order valence-electron chi connectivity index (χ2n) is 12.1. The van der Waals surface area contributed by atoms with Crippen molar-refractivity contribution < 1.29 is 58.5 Å². The standard InChI is InChI=1S/C32H37NO12/c1-14-27(35)17(33)10-22(44-14)45-19-12-32(40,20(34)13-43-21-8-3-4-9-42-21)11-16-24(19)31(39)26-25(29(16)37)28(36)15-6-5-7-18(41-2)23(15)30(26)38/h5-7,14,17,19,21-22,27,35,37,39-40H,3-4,8-13,33H2,1-2H3/t14-,17-,19-,21?,22-,27+,32-/m0/s1. The highest BCUT2D eigenvalue weighted by Crippen LogP contribution is 2.52. The Labute approximate surface area is 258 Å². The van der Waals surface area contributed by atoms with Crippen LogP contribution in [0.3, 0.4) is 0 Å². The van der Waals surface area contributed by atoms with Gasteiger partial charge in [0.1, 0.15) is 29.5 Å². The Morgan fingerprint density at radius 1 is 1.09 bits per heavy atom. The molecule has 6 rings (SSSR count). The van der Waals surface area contributed by atoms with E-state index < -0.39 is 102 Å². The number of hydrogen-bond acceptors (Lipinski definition) is 13. The number of ether oxygens (including phenoxy) is 5. The largest absolute Gasteiger partial charge is 0.507 e. The first-order chi connectivity index (χ1) is 21.4. The summed E-state index contributed by atoms with van der Waals surface area (Å²) in [5.74, 6) is -3.40. The van der Waals surface area contributed by atoms with Crippen LogP contribution in [0.25, 0.3) is 0 Å². The molecule has 2 saturated heterocycles. The molecule has 6 N–H and O–H groups in total. The summed E-state index contributed by atoms with van der Waals surface area (Å²) < 4.78 is 28.5. The highest BCUT2D eigenvalue weighted by Gasteiger charge is 2.50. The summed E-state index contributed by atoms with van der Waals surface area (Å²) in [5.41, 5.74) is 2.72. The molecule has 2 aromatic carbocycles. The predicted octanol–water partition coefficient (Wildman–Crippen LogP) is 1.55. The number of Topliss-reactive ketones (excluding diaryl/α,β-unsaturated/α-hetero) is 1. The van der Waals surface area contributed by atoms with Crippen LogP contribution >= 0.6 is 0 Å². The van der Waals surface area contributed by atoms with E-state index in [-0.39, 0.29) is 34.4 Å². The van der Waals surface area contributed by atoms with Crippen LogP contribution in [-0.4, -0.2) is 94.5 Å². The van der Waals surface area contributed by atoms with E-state index >= 15 is 0 Å². The van der Waals surface area contributed by atoms with Crippen LogP contribution in [0.2, 0.25) is 0 Å². The Morgan fingerprint density at radius 3 is 2.53 bits per heavy atom. The van der Waals surface area contributed by atoms with Crippen LogP contribution in [-0.2, 0) is 30.2 Å². The molecule has 7 atom stereocenters. The Kier molecular flexibility index (Phi) is 8.46. The molecule has 4 aliphatic rings. The van der Waals surface area contributed by atoms with Crippen LogP contribution < -0.4 is 10.5 Å². The van der Waals surface area contributed by atoms with E-state index in [2.05, 4.69) is 0 Å². The highest BCUT2D eigenvalue weighted by molar-refractivity contribution is 6.31. The van der Waals surface area contributed by atoms with Crippen molar-refractivity contribution in [3.63, 3.8) is 0 Å². The van der Waals surface area contributed by atoms with Gasteiger partial charge in [-0.3, -0.25) is 14.4 Å². The maximum atomic E-state index is 13.8. The van der Waals surface area contributed by atoms with Crippen molar-refractivity contribution in [1.29, 1.82) is 0 Å². The van der Waals surface area contributed by atoms with E-state index in [4.69, 9.17) is 29.4 Å². The monoisotopic (exact) mass is 627 g/mol. The number of phenolic OH excluding ortho intramolecular Hbond substituents is 2. The molecule has 1 unspecified atom stereocenters. The number of benzene rings is 2. The average molecular weight is 628 g/mol. The number of phenols is 2. The molecular formula is C32H37NO12. The Bertz CT molecular complexity index is 1520. The van der Waals surface area contributed by atoms with Gasteiger partial charge < -0.3 is 49.8 Å². The molecule has 0 aromatic heterocycles. The Morgan fingerprint density at radius 2 is 1.84 bits per heavy atom. The number of aromatic hydroxyl groups is 2. The topological polar surface area (TPSA) is 204 Å². The number of nitrogens with two attached hydrogens (primary N) is 1. The third kappa shape index (κ3) is 5.42. The van der Waals surface area contributed by atoms with Gasteiger partial charge in [-0.2, -0.15) is 0 Å². The number of ketones is 3. The Balaban J connectivity index is 1.43. The smallest absolute Gasteiger partial charge is 0.202 e. The number of rotatable bonds is 7. The third-order valence-electron chi connectivity index (χ3n) is 9.20. The first-order valence-electron chi connectivity index (χ1n) is 15.1. The van der Waals surface area contributed by atoms with Crippen molar-refractivity contribution in [1.82, 2.24) is 0 Å². The highest BCUT2D eigenvalue weighted by atomic mass is 16.7. The van der Waals surface area contributed by atoms with Crippen molar-refractivity contribution in [3.8, 4) is 17.2 Å². The van der Waals surface area contributed by atoms with Gasteiger partial charge in [-0.05, 0) is 32.3 Å². The normalized spacial score (nSPS) is 31.1. The molecule has 13 heteroatoms. The molecule has 0 saturated carbocycles. The average Bonchev–Trinajstić information content (AvgIpc) is 3.02. The molecule has 242 valence electrons. The maximum absolute atomic E-state index is 13.8. The molecular weight excluding hydrogens is 590 g/mol. The fourth-order valence-corrected chi connectivity index (χ4v) is 6.75. The fourth-order valence-electron chi connectivity index (χ4n) is 6.75. The van der Waals surface area contributed by atoms with Crippen molar-refractivity contribution in [2.24, 2.45) is 5.73 Å². The first kappa shape index (κ1) is 31.5. The van der Waals surface area contributed by atoms with Crippen LogP contribution in [0.15, 0.2) is 18.2 Å². The maximum Gasteiger partial charge on any atom is 0.202 e. The zero-order valence-corrected chi connectivity index (χ0v) is 25.0. The first-order valence-corrected chi connectivity index (χ1v) is 15.1. The van der Waals surface area contributed by atoms with Gasteiger partial charge in [0.15, 0.2) is 24.1 Å². The molecule has 2 heterocycles. The van der Waals surface area contributed by atoms with Crippen LogP contribution in [0.4, 0.5) is 0 Å². The number of aliphatic hydroxyl groups is 2. The molecule has 2 aromatic rings. The summed E-state index contributed by atoms with van der Waals surface area (Å²) in [5, 5.41) is 45.4. The van der Waals surface area contributed by atoms with Gasteiger partial charge in [0.25, 0.3) is 0 Å². The van der Waals surface area contributed by atoms with Crippen molar-refractivity contribution in [2.75, 3.05) is 20.3 Å². The SMILES string of the molecule is COc1cccc2c1C(=O)c1c(O)c3c(c(O)c1C2=O)C[C@@](O)(C(=O)COC1CCCCO1)C[C@@H]3O[C@H]1C[C@H](N)[C@H](O)[C@H](C)O1. The van der Waals surface area contributed by atoms with E-state index in [9.17, 15) is 34.8 Å². The fraction of sp³-hybridized carbons (Fsp3) is 0.531. The van der Waals surface area contributed by atoms with E-state index in [1.54, 1.807) is 6.92 Å². The summed E-state index contributed by atoms with van der Waals surface area (Å²) in [6.07, 6.45) is -3.21. The van der Waals surface area contributed by atoms with Crippen LogP contribution in [0.5, 0.6) is 17.2 Å². The van der Waals surface area contributed by atoms with E-state index in [1.807, 2.05) is 0 Å². The van der Waals surface area contributed by atoms with Gasteiger partial charge in [0, 0.05) is 48.6 Å². The minimum Gasteiger partial charge on any atom is -0.507 e. The molecule has 2 aliphatic carbocycles. The van der Waals surface area contributed by atoms with Crippen molar-refractivity contribution >= 4 is 17.3 Å². The molecule has 13 nitrogen and oxygen atoms in total. The zero-order valence-electron chi connectivity index (χ0n) is 25.0. The van der Waals surface area contributed by atoms with Gasteiger partial charge in [0.2, 0.25) is 5.78 Å². The van der Waals surface area contributed by atoms with Gasteiger partial charge >= 0.3 is 0 Å². The number of hydrogen-bond donors (Lipinski definition) is 5. The van der Waals surface area contributed by atoms with E-state index in [0.717, 1.165) is 12.8 Å². The quantitative estimate of drug-likeness (QED) is 0.236. The number of aliphatic hydroxyl groups excluding tert-OH is 1. The Hall–Kier alpha value is -3.43. The summed E-state index contributed by atoms with van der Waals surface area (Å²) in [7, 11) is 1.34. The number of methoxy groups -OCH3 is 1. The van der Waals surface area contributed by atoms with Crippen molar-refractivity contribution in [3.05, 3.63) is 51.6 Å². The lowest BCUT2D eigenvalue weighted by Gasteiger charge is -2.42. The molecule has 0 spiro atoms.